The van der Waals surface area contributed by atoms with Gasteiger partial charge in [-0.25, -0.2) is 8.42 Å². The Labute approximate surface area is 90.5 Å². The molecule has 0 aromatic carbocycles. The lowest BCUT2D eigenvalue weighted by Gasteiger charge is -2.36. The zero-order valence-corrected chi connectivity index (χ0v) is 9.36. The molecule has 2 rings (SSSR count). The zero-order chi connectivity index (χ0) is 10.9. The second-order valence-electron chi connectivity index (χ2n) is 4.06. The molecule has 0 bridgehead atoms. The Bertz CT molecular complexity index is 386. The number of allylic oxidation sites excluding steroid dienone is 2. The minimum atomic E-state index is -3.27. The summed E-state index contributed by atoms with van der Waals surface area (Å²) in [5.41, 5.74) is 5.97. The van der Waals surface area contributed by atoms with Crippen LogP contribution in [0, 0.1) is 0 Å². The number of sulfonamides is 1. The Morgan fingerprint density at radius 3 is 2.60 bits per heavy atom. The van der Waals surface area contributed by atoms with Gasteiger partial charge in [0.1, 0.15) is 0 Å². The minimum Gasteiger partial charge on any atom is -0.326 e. The van der Waals surface area contributed by atoms with Crippen molar-refractivity contribution < 1.29 is 8.42 Å². The van der Waals surface area contributed by atoms with Crippen LogP contribution in [0.15, 0.2) is 23.8 Å². The normalized spacial score (nSPS) is 34.3. The van der Waals surface area contributed by atoms with Crippen molar-refractivity contribution in [3.05, 3.63) is 23.8 Å². The maximum Gasteiger partial charge on any atom is 0.257 e. The van der Waals surface area contributed by atoms with Gasteiger partial charge in [-0.3, -0.25) is 4.31 Å². The summed E-state index contributed by atoms with van der Waals surface area (Å²) in [6, 6.07) is -0.102. The Balaban J connectivity index is 2.22. The Hall–Kier alpha value is -0.810. The Morgan fingerprint density at radius 1 is 1.20 bits per heavy atom. The highest BCUT2D eigenvalue weighted by atomic mass is 32.2. The van der Waals surface area contributed by atoms with Gasteiger partial charge >= 0.3 is 0 Å². The van der Waals surface area contributed by atoms with Crippen LogP contribution >= 0.6 is 0 Å². The standard InChI is InChI=1S/C10H16N2O2S/c11-9-5-1-2-6-10(9)12-7-3-4-8-15(12,13)14/h3-4,7-10H,1-2,5-6,11H2/t9-,10-/m1/s1. The van der Waals surface area contributed by atoms with Crippen molar-refractivity contribution in [3.63, 3.8) is 0 Å². The predicted octanol–water partition coefficient (Wildman–Crippen LogP) is 0.929. The van der Waals surface area contributed by atoms with Crippen molar-refractivity contribution in [1.29, 1.82) is 0 Å². The van der Waals surface area contributed by atoms with Crippen LogP contribution in [0.1, 0.15) is 25.7 Å². The van der Waals surface area contributed by atoms with Crippen LogP contribution in [0.4, 0.5) is 0 Å². The number of hydrogen-bond acceptors (Lipinski definition) is 3. The van der Waals surface area contributed by atoms with Gasteiger partial charge in [-0.2, -0.15) is 0 Å². The van der Waals surface area contributed by atoms with Crippen LogP contribution in [0.3, 0.4) is 0 Å². The van der Waals surface area contributed by atoms with Crippen LogP contribution < -0.4 is 5.73 Å². The van der Waals surface area contributed by atoms with Gasteiger partial charge < -0.3 is 5.73 Å². The molecule has 0 unspecified atom stereocenters. The molecule has 4 nitrogen and oxygen atoms in total. The molecule has 1 heterocycles. The van der Waals surface area contributed by atoms with Crippen LogP contribution in [-0.2, 0) is 10.0 Å². The fourth-order valence-electron chi connectivity index (χ4n) is 2.19. The largest absolute Gasteiger partial charge is 0.326 e. The van der Waals surface area contributed by atoms with Crippen molar-refractivity contribution in [2.45, 2.75) is 37.8 Å². The zero-order valence-electron chi connectivity index (χ0n) is 8.54. The highest BCUT2D eigenvalue weighted by Crippen LogP contribution is 2.26. The molecule has 0 saturated heterocycles. The van der Waals surface area contributed by atoms with Gasteiger partial charge in [-0.05, 0) is 25.0 Å². The molecule has 2 N–H and O–H groups in total. The highest BCUT2D eigenvalue weighted by Gasteiger charge is 2.32. The first-order valence-corrected chi connectivity index (χ1v) is 6.75. The molecule has 84 valence electrons. The summed E-state index contributed by atoms with van der Waals surface area (Å²) in [4.78, 5) is 0. The van der Waals surface area contributed by atoms with Gasteiger partial charge in [0, 0.05) is 12.2 Å². The third kappa shape index (κ3) is 2.08. The van der Waals surface area contributed by atoms with Gasteiger partial charge in [-0.1, -0.05) is 12.8 Å². The quantitative estimate of drug-likeness (QED) is 0.726. The molecule has 1 aliphatic heterocycles. The third-order valence-corrected chi connectivity index (χ3v) is 4.48. The van der Waals surface area contributed by atoms with E-state index in [2.05, 4.69) is 0 Å². The molecule has 1 saturated carbocycles. The molecule has 2 atom stereocenters. The van der Waals surface area contributed by atoms with E-state index in [0.717, 1.165) is 25.7 Å². The average Bonchev–Trinajstić information content (AvgIpc) is 2.19. The van der Waals surface area contributed by atoms with Gasteiger partial charge in [0.05, 0.1) is 11.4 Å². The van der Waals surface area contributed by atoms with E-state index >= 15 is 0 Å². The first-order chi connectivity index (χ1) is 7.11. The molecule has 0 radical (unpaired) electrons. The molecule has 2 aliphatic rings. The first kappa shape index (κ1) is 10.7. The van der Waals surface area contributed by atoms with E-state index in [1.54, 1.807) is 18.4 Å². The monoisotopic (exact) mass is 228 g/mol. The minimum absolute atomic E-state index is 0.0373. The van der Waals surface area contributed by atoms with Crippen molar-refractivity contribution >= 4 is 10.0 Å². The van der Waals surface area contributed by atoms with E-state index in [0.29, 0.717) is 0 Å². The average molecular weight is 228 g/mol. The second kappa shape index (κ2) is 3.98. The second-order valence-corrected chi connectivity index (χ2v) is 5.78. The van der Waals surface area contributed by atoms with E-state index in [1.807, 2.05) is 0 Å². The lowest BCUT2D eigenvalue weighted by atomic mass is 9.91. The first-order valence-electron chi connectivity index (χ1n) is 5.25. The van der Waals surface area contributed by atoms with Crippen molar-refractivity contribution in [2.24, 2.45) is 5.73 Å². The van der Waals surface area contributed by atoms with Crippen LogP contribution in [0.5, 0.6) is 0 Å². The van der Waals surface area contributed by atoms with Gasteiger partial charge in [0.2, 0.25) is 0 Å². The summed E-state index contributed by atoms with van der Waals surface area (Å²) in [7, 11) is -3.27. The van der Waals surface area contributed by atoms with Gasteiger partial charge in [0.25, 0.3) is 10.0 Å². The fraction of sp³-hybridized carbons (Fsp3) is 0.600. The topological polar surface area (TPSA) is 63.4 Å². The molecule has 0 aromatic heterocycles. The van der Waals surface area contributed by atoms with E-state index in [4.69, 9.17) is 5.73 Å². The summed E-state index contributed by atoms with van der Waals surface area (Å²) in [5.74, 6) is 0. The van der Waals surface area contributed by atoms with Crippen LogP contribution in [0.2, 0.25) is 0 Å². The maximum absolute atomic E-state index is 11.8. The molecule has 0 aromatic rings. The number of nitrogens with zero attached hydrogens (tertiary/aromatic N) is 1. The lowest BCUT2D eigenvalue weighted by Crippen LogP contribution is -2.49. The SMILES string of the molecule is N[C@@H]1CCCC[C@H]1N1C=CC=CS1(=O)=O. The summed E-state index contributed by atoms with van der Waals surface area (Å²) >= 11 is 0. The molecular formula is C10H16N2O2S. The van der Waals surface area contributed by atoms with E-state index in [1.165, 1.54) is 9.71 Å². The summed E-state index contributed by atoms with van der Waals surface area (Å²) in [6.07, 6.45) is 8.83. The fourth-order valence-corrected chi connectivity index (χ4v) is 3.50. The van der Waals surface area contributed by atoms with Gasteiger partial charge in [-0.15, -0.1) is 0 Å². The predicted molar refractivity (Wildman–Crippen MR) is 59.3 cm³/mol. The molecular weight excluding hydrogens is 212 g/mol. The Kier molecular flexibility index (Phi) is 2.84. The summed E-state index contributed by atoms with van der Waals surface area (Å²) in [5, 5.41) is 1.23. The van der Waals surface area contributed by atoms with Crippen LogP contribution in [0.25, 0.3) is 0 Å². The lowest BCUT2D eigenvalue weighted by molar-refractivity contribution is 0.271. The maximum atomic E-state index is 11.8. The highest BCUT2D eigenvalue weighted by molar-refractivity contribution is 7.92. The molecule has 0 amide bonds. The number of nitrogens with two attached hydrogens (primary N) is 1. The van der Waals surface area contributed by atoms with E-state index in [9.17, 15) is 8.42 Å². The van der Waals surface area contributed by atoms with Crippen molar-refractivity contribution in [3.8, 4) is 0 Å². The number of rotatable bonds is 1. The summed E-state index contributed by atoms with van der Waals surface area (Å²) in [6.45, 7) is 0. The van der Waals surface area contributed by atoms with Crippen LogP contribution in [-0.4, -0.2) is 24.8 Å². The smallest absolute Gasteiger partial charge is 0.257 e. The molecule has 0 spiro atoms. The van der Waals surface area contributed by atoms with Crippen molar-refractivity contribution in [1.82, 2.24) is 4.31 Å². The van der Waals surface area contributed by atoms with E-state index < -0.39 is 10.0 Å². The van der Waals surface area contributed by atoms with Gasteiger partial charge in [0.15, 0.2) is 0 Å². The van der Waals surface area contributed by atoms with E-state index in [-0.39, 0.29) is 12.1 Å². The van der Waals surface area contributed by atoms with Crippen molar-refractivity contribution in [2.75, 3.05) is 0 Å². The Morgan fingerprint density at radius 2 is 1.93 bits per heavy atom. The summed E-state index contributed by atoms with van der Waals surface area (Å²) < 4.78 is 24.9. The molecule has 1 fully saturated rings. The molecule has 5 heteroatoms. The molecule has 1 aliphatic carbocycles. The third-order valence-electron chi connectivity index (χ3n) is 3.00. The number of hydrogen-bond donors (Lipinski definition) is 1. The molecule has 15 heavy (non-hydrogen) atoms.